The van der Waals surface area contributed by atoms with E-state index in [-0.39, 0.29) is 0 Å². The number of thiazole rings is 2. The van der Waals surface area contributed by atoms with Gasteiger partial charge in [0, 0.05) is 11.6 Å². The first-order valence-electron chi connectivity index (χ1n) is 2.67. The van der Waals surface area contributed by atoms with Gasteiger partial charge < -0.3 is 0 Å². The van der Waals surface area contributed by atoms with Gasteiger partial charge in [-0.3, -0.25) is 4.98 Å². The monoisotopic (exact) mass is 167 g/mol. The van der Waals surface area contributed by atoms with E-state index in [0.29, 0.717) is 0 Å². The van der Waals surface area contributed by atoms with Gasteiger partial charge in [-0.05, 0) is 0 Å². The molecule has 0 aliphatic carbocycles. The quantitative estimate of drug-likeness (QED) is 0.649. The van der Waals surface area contributed by atoms with Crippen LogP contribution in [0.4, 0.5) is 0 Å². The van der Waals surface area contributed by atoms with Crippen molar-refractivity contribution in [1.29, 1.82) is 0 Å². The van der Waals surface area contributed by atoms with Gasteiger partial charge in [-0.15, -0.1) is 22.7 Å². The number of rotatable bonds is 1. The Hall–Kier alpha value is -0.740. The SMILES string of the molecule is [c]1nc(-c2cncs2)cs1. The summed E-state index contributed by atoms with van der Waals surface area (Å²) in [5.74, 6) is 0. The van der Waals surface area contributed by atoms with Crippen molar-refractivity contribution in [2.75, 3.05) is 0 Å². The zero-order valence-corrected chi connectivity index (χ0v) is 6.58. The highest BCUT2D eigenvalue weighted by atomic mass is 32.1. The van der Waals surface area contributed by atoms with Gasteiger partial charge >= 0.3 is 0 Å². The summed E-state index contributed by atoms with van der Waals surface area (Å²) in [6.07, 6.45) is 1.81. The zero-order chi connectivity index (χ0) is 6.81. The summed E-state index contributed by atoms with van der Waals surface area (Å²) in [6.45, 7) is 0. The summed E-state index contributed by atoms with van der Waals surface area (Å²) in [5.41, 5.74) is 5.57. The van der Waals surface area contributed by atoms with Gasteiger partial charge in [-0.25, -0.2) is 4.98 Å². The molecule has 49 valence electrons. The van der Waals surface area contributed by atoms with Crippen LogP contribution in [0.3, 0.4) is 0 Å². The molecule has 0 amide bonds. The predicted molar refractivity (Wildman–Crippen MR) is 42.1 cm³/mol. The van der Waals surface area contributed by atoms with Crippen molar-refractivity contribution in [3.63, 3.8) is 0 Å². The Morgan fingerprint density at radius 1 is 1.50 bits per heavy atom. The normalized spacial score (nSPS) is 10.0. The Kier molecular flexibility index (Phi) is 1.49. The van der Waals surface area contributed by atoms with Gasteiger partial charge in [0.05, 0.1) is 16.1 Å². The van der Waals surface area contributed by atoms with Gasteiger partial charge in [0.1, 0.15) is 0 Å². The Morgan fingerprint density at radius 3 is 3.10 bits per heavy atom. The van der Waals surface area contributed by atoms with Crippen LogP contribution in [0.5, 0.6) is 0 Å². The highest BCUT2D eigenvalue weighted by molar-refractivity contribution is 7.13. The second-order valence-corrected chi connectivity index (χ2v) is 3.23. The van der Waals surface area contributed by atoms with Crippen LogP contribution >= 0.6 is 22.7 Å². The van der Waals surface area contributed by atoms with E-state index in [4.69, 9.17) is 0 Å². The Bertz CT molecular complexity index is 253. The first kappa shape index (κ1) is 6.00. The Labute approximate surface area is 66.2 Å². The molecule has 0 bridgehead atoms. The van der Waals surface area contributed by atoms with Crippen LogP contribution in [0.1, 0.15) is 0 Å². The molecule has 0 aromatic carbocycles. The third-order valence-electron chi connectivity index (χ3n) is 1.07. The molecule has 0 saturated heterocycles. The summed E-state index contributed by atoms with van der Waals surface area (Å²) in [5, 5.41) is 1.97. The maximum absolute atomic E-state index is 4.02. The van der Waals surface area contributed by atoms with Crippen LogP contribution in [0, 0.1) is 5.51 Å². The van der Waals surface area contributed by atoms with Crippen molar-refractivity contribution in [1.82, 2.24) is 9.97 Å². The van der Waals surface area contributed by atoms with E-state index in [1.807, 2.05) is 11.6 Å². The van der Waals surface area contributed by atoms with E-state index in [9.17, 15) is 0 Å². The minimum atomic E-state index is 0.979. The van der Waals surface area contributed by atoms with Crippen LogP contribution in [0.2, 0.25) is 0 Å². The first-order valence-corrected chi connectivity index (χ1v) is 4.43. The molecule has 0 fully saturated rings. The summed E-state index contributed by atoms with van der Waals surface area (Å²) >= 11 is 3.07. The van der Waals surface area contributed by atoms with Crippen molar-refractivity contribution in [2.24, 2.45) is 0 Å². The first-order chi connectivity index (χ1) is 4.97. The summed E-state index contributed by atoms with van der Waals surface area (Å²) < 4.78 is 0. The van der Waals surface area contributed by atoms with Crippen molar-refractivity contribution in [3.05, 3.63) is 22.6 Å². The topological polar surface area (TPSA) is 25.8 Å². The molecule has 2 aromatic rings. The second kappa shape index (κ2) is 2.48. The molecule has 0 aliphatic rings. The molecule has 2 heterocycles. The molecule has 0 aliphatic heterocycles. The fourth-order valence-electron chi connectivity index (χ4n) is 0.639. The van der Waals surface area contributed by atoms with Crippen LogP contribution < -0.4 is 0 Å². The largest absolute Gasteiger partial charge is 0.252 e. The minimum Gasteiger partial charge on any atom is -0.252 e. The maximum atomic E-state index is 4.02. The van der Waals surface area contributed by atoms with Crippen LogP contribution in [-0.4, -0.2) is 9.97 Å². The van der Waals surface area contributed by atoms with Gasteiger partial charge in [-0.2, -0.15) is 0 Å². The van der Waals surface area contributed by atoms with Crippen LogP contribution in [0.25, 0.3) is 10.6 Å². The molecule has 0 N–H and O–H groups in total. The molecule has 2 nitrogen and oxygen atoms in total. The molecule has 2 aromatic heterocycles. The van der Waals surface area contributed by atoms with E-state index in [1.54, 1.807) is 16.8 Å². The highest BCUT2D eigenvalue weighted by Gasteiger charge is 1.99. The third kappa shape index (κ3) is 0.955. The molecule has 10 heavy (non-hydrogen) atoms. The standard InChI is InChI=1S/C6H3N2S2/c1-6(10-3-7-1)5-2-9-4-8-5/h1-3H. The molecule has 0 saturated carbocycles. The van der Waals surface area contributed by atoms with Crippen LogP contribution in [-0.2, 0) is 0 Å². The van der Waals surface area contributed by atoms with E-state index < -0.39 is 0 Å². The molecule has 0 spiro atoms. The average Bonchev–Trinajstić information content (AvgIpc) is 2.59. The second-order valence-electron chi connectivity index (χ2n) is 1.69. The molecule has 1 radical (unpaired) electrons. The fourth-order valence-corrected chi connectivity index (χ4v) is 1.79. The van der Waals surface area contributed by atoms with Crippen LogP contribution in [0.15, 0.2) is 17.1 Å². The predicted octanol–water partition coefficient (Wildman–Crippen LogP) is 2.07. The average molecular weight is 167 g/mol. The van der Waals surface area contributed by atoms with Gasteiger partial charge in [-0.1, -0.05) is 0 Å². The molecule has 2 rings (SSSR count). The zero-order valence-electron chi connectivity index (χ0n) is 4.94. The van der Waals surface area contributed by atoms with Crippen molar-refractivity contribution < 1.29 is 0 Å². The van der Waals surface area contributed by atoms with Crippen molar-refractivity contribution >= 4 is 22.7 Å². The number of hydrogen-bond donors (Lipinski definition) is 0. The summed E-state index contributed by atoms with van der Waals surface area (Å²) in [6, 6.07) is 0. The van der Waals surface area contributed by atoms with E-state index in [0.717, 1.165) is 10.6 Å². The molecule has 0 unspecified atom stereocenters. The lowest BCUT2D eigenvalue weighted by Gasteiger charge is -1.82. The molecule has 4 heteroatoms. The number of aromatic nitrogens is 2. The Morgan fingerprint density at radius 2 is 2.50 bits per heavy atom. The van der Waals surface area contributed by atoms with E-state index in [2.05, 4.69) is 15.5 Å². The number of nitrogens with zero attached hydrogens (tertiary/aromatic N) is 2. The third-order valence-corrected chi connectivity index (χ3v) is 2.41. The summed E-state index contributed by atoms with van der Waals surface area (Å²) in [7, 11) is 0. The van der Waals surface area contributed by atoms with Gasteiger partial charge in [0.15, 0.2) is 5.51 Å². The Balaban J connectivity index is 2.48. The number of hydrogen-bond acceptors (Lipinski definition) is 4. The maximum Gasteiger partial charge on any atom is 0.152 e. The van der Waals surface area contributed by atoms with Gasteiger partial charge in [0.25, 0.3) is 0 Å². The van der Waals surface area contributed by atoms with E-state index in [1.165, 1.54) is 11.3 Å². The lowest BCUT2D eigenvalue weighted by molar-refractivity contribution is 1.38. The molecular weight excluding hydrogens is 164 g/mol. The van der Waals surface area contributed by atoms with Crippen molar-refractivity contribution in [3.8, 4) is 10.6 Å². The lowest BCUT2D eigenvalue weighted by atomic mass is 10.4. The highest BCUT2D eigenvalue weighted by Crippen LogP contribution is 2.21. The minimum absolute atomic E-state index is 0.979. The lowest BCUT2D eigenvalue weighted by Crippen LogP contribution is -1.66. The smallest absolute Gasteiger partial charge is 0.152 e. The molecule has 0 atom stereocenters. The van der Waals surface area contributed by atoms with Gasteiger partial charge in [0.2, 0.25) is 0 Å². The summed E-state index contributed by atoms with van der Waals surface area (Å²) in [4.78, 5) is 9.08. The molecular formula is C6H3N2S2. The van der Waals surface area contributed by atoms with Crippen molar-refractivity contribution in [2.45, 2.75) is 0 Å². The fraction of sp³-hybridized carbons (Fsp3) is 0. The van der Waals surface area contributed by atoms with E-state index >= 15 is 0 Å².